The molecule has 0 heterocycles. The van der Waals surface area contributed by atoms with Crippen LogP contribution < -0.4 is 4.90 Å². The van der Waals surface area contributed by atoms with Gasteiger partial charge in [-0.05, 0) is 23.8 Å². The second kappa shape index (κ2) is 6.01. The quantitative estimate of drug-likeness (QED) is 0.610. The molecule has 0 atom stereocenters. The predicted octanol–water partition coefficient (Wildman–Crippen LogP) is 3.65. The lowest BCUT2D eigenvalue weighted by Crippen LogP contribution is -2.12. The van der Waals surface area contributed by atoms with Gasteiger partial charge in [0.1, 0.15) is 0 Å². The number of ketones is 1. The lowest BCUT2D eigenvalue weighted by atomic mass is 10.1. The van der Waals surface area contributed by atoms with Gasteiger partial charge < -0.3 is 4.90 Å². The van der Waals surface area contributed by atoms with Crippen LogP contribution in [0.15, 0.2) is 60.7 Å². The van der Waals surface area contributed by atoms with E-state index in [4.69, 9.17) is 0 Å². The standard InChI is InChI=1S/C17H17NO/c1-18(2)16-11-7-6-10-15(16)17(19)13-12-14-8-4-3-5-9-14/h3-13H,1-2H3/b13-12-. The van der Waals surface area contributed by atoms with Crippen molar-refractivity contribution < 1.29 is 4.79 Å². The lowest BCUT2D eigenvalue weighted by Gasteiger charge is -2.15. The molecule has 2 heteroatoms. The van der Waals surface area contributed by atoms with Crippen LogP contribution in [0.3, 0.4) is 0 Å². The van der Waals surface area contributed by atoms with Gasteiger partial charge in [0, 0.05) is 25.3 Å². The van der Waals surface area contributed by atoms with E-state index in [1.54, 1.807) is 6.08 Å². The monoisotopic (exact) mass is 251 g/mol. The molecule has 0 unspecified atom stereocenters. The number of hydrogen-bond donors (Lipinski definition) is 0. The molecule has 0 aliphatic heterocycles. The minimum absolute atomic E-state index is 0.0214. The van der Waals surface area contributed by atoms with Crippen LogP contribution in [0.5, 0.6) is 0 Å². The Hall–Kier alpha value is -2.35. The molecule has 19 heavy (non-hydrogen) atoms. The number of para-hydroxylation sites is 1. The van der Waals surface area contributed by atoms with E-state index in [0.717, 1.165) is 16.8 Å². The smallest absolute Gasteiger partial charge is 0.187 e. The van der Waals surface area contributed by atoms with Gasteiger partial charge in [0.25, 0.3) is 0 Å². The highest BCUT2D eigenvalue weighted by Crippen LogP contribution is 2.19. The number of anilines is 1. The molecule has 0 aromatic heterocycles. The number of rotatable bonds is 4. The van der Waals surface area contributed by atoms with E-state index in [0.29, 0.717) is 0 Å². The Morgan fingerprint density at radius 3 is 2.26 bits per heavy atom. The number of nitrogens with zero attached hydrogens (tertiary/aromatic N) is 1. The molecule has 2 aromatic rings. The molecular weight excluding hydrogens is 234 g/mol. The molecule has 0 spiro atoms. The van der Waals surface area contributed by atoms with Crippen LogP contribution in [0.4, 0.5) is 5.69 Å². The fraction of sp³-hybridized carbons (Fsp3) is 0.118. The maximum Gasteiger partial charge on any atom is 0.187 e. The van der Waals surface area contributed by atoms with Crippen LogP contribution >= 0.6 is 0 Å². The second-order valence-electron chi connectivity index (χ2n) is 4.52. The third kappa shape index (κ3) is 3.32. The minimum Gasteiger partial charge on any atom is -0.377 e. The largest absolute Gasteiger partial charge is 0.377 e. The molecule has 2 nitrogen and oxygen atoms in total. The predicted molar refractivity (Wildman–Crippen MR) is 80.6 cm³/mol. The number of allylic oxidation sites excluding steroid dienone is 1. The van der Waals surface area contributed by atoms with Crippen molar-refractivity contribution in [2.24, 2.45) is 0 Å². The molecule has 0 fully saturated rings. The van der Waals surface area contributed by atoms with Gasteiger partial charge >= 0.3 is 0 Å². The summed E-state index contributed by atoms with van der Waals surface area (Å²) < 4.78 is 0. The van der Waals surface area contributed by atoms with E-state index in [1.165, 1.54) is 0 Å². The second-order valence-corrected chi connectivity index (χ2v) is 4.52. The van der Waals surface area contributed by atoms with Crippen LogP contribution in [0, 0.1) is 0 Å². The van der Waals surface area contributed by atoms with E-state index < -0.39 is 0 Å². The van der Waals surface area contributed by atoms with E-state index in [9.17, 15) is 4.79 Å². The minimum atomic E-state index is 0.0214. The van der Waals surface area contributed by atoms with Gasteiger partial charge in [-0.3, -0.25) is 4.79 Å². The Bertz CT molecular complexity index is 585. The molecule has 2 aromatic carbocycles. The highest BCUT2D eigenvalue weighted by Gasteiger charge is 2.08. The first-order valence-corrected chi connectivity index (χ1v) is 6.22. The molecule has 96 valence electrons. The maximum absolute atomic E-state index is 12.2. The SMILES string of the molecule is CN(C)c1ccccc1C(=O)/C=C\c1ccccc1. The molecule has 0 bridgehead atoms. The van der Waals surface area contributed by atoms with E-state index in [2.05, 4.69) is 0 Å². The number of hydrogen-bond acceptors (Lipinski definition) is 2. The zero-order valence-electron chi connectivity index (χ0n) is 11.2. The Labute approximate surface area is 114 Å². The summed E-state index contributed by atoms with van der Waals surface area (Å²) in [5.41, 5.74) is 2.68. The van der Waals surface area contributed by atoms with Crippen molar-refractivity contribution in [3.8, 4) is 0 Å². The van der Waals surface area contributed by atoms with Crippen LogP contribution in [0.25, 0.3) is 6.08 Å². The topological polar surface area (TPSA) is 20.3 Å². The van der Waals surface area contributed by atoms with Crippen molar-refractivity contribution in [1.82, 2.24) is 0 Å². The third-order valence-corrected chi connectivity index (χ3v) is 2.88. The van der Waals surface area contributed by atoms with Gasteiger partial charge in [-0.15, -0.1) is 0 Å². The first-order chi connectivity index (χ1) is 9.18. The molecule has 0 N–H and O–H groups in total. The van der Waals surface area contributed by atoms with Gasteiger partial charge in [-0.25, -0.2) is 0 Å². The van der Waals surface area contributed by atoms with Crippen molar-refractivity contribution in [3.63, 3.8) is 0 Å². The zero-order valence-corrected chi connectivity index (χ0v) is 11.2. The summed E-state index contributed by atoms with van der Waals surface area (Å²) in [6, 6.07) is 17.4. The highest BCUT2D eigenvalue weighted by molar-refractivity contribution is 6.10. The van der Waals surface area contributed by atoms with Crippen molar-refractivity contribution in [2.75, 3.05) is 19.0 Å². The van der Waals surface area contributed by atoms with Crippen LogP contribution in [-0.2, 0) is 0 Å². The fourth-order valence-electron chi connectivity index (χ4n) is 1.90. The number of carbonyl (C=O) groups excluding carboxylic acids is 1. The number of benzene rings is 2. The molecule has 0 radical (unpaired) electrons. The third-order valence-electron chi connectivity index (χ3n) is 2.88. The summed E-state index contributed by atoms with van der Waals surface area (Å²) in [7, 11) is 3.88. The van der Waals surface area contributed by atoms with Crippen molar-refractivity contribution in [1.29, 1.82) is 0 Å². The Morgan fingerprint density at radius 1 is 0.947 bits per heavy atom. The first kappa shape index (κ1) is 13.1. The Morgan fingerprint density at radius 2 is 1.58 bits per heavy atom. The summed E-state index contributed by atoms with van der Waals surface area (Å²) in [5, 5.41) is 0. The first-order valence-electron chi connectivity index (χ1n) is 6.22. The molecule has 0 amide bonds. The molecule has 2 rings (SSSR count). The molecule has 0 aliphatic carbocycles. The van der Waals surface area contributed by atoms with Gasteiger partial charge in [0.15, 0.2) is 5.78 Å². The summed E-state index contributed by atoms with van der Waals surface area (Å²) in [4.78, 5) is 14.2. The van der Waals surface area contributed by atoms with Crippen molar-refractivity contribution in [3.05, 3.63) is 71.8 Å². The van der Waals surface area contributed by atoms with Gasteiger partial charge in [-0.2, -0.15) is 0 Å². The van der Waals surface area contributed by atoms with Gasteiger partial charge in [-0.1, -0.05) is 48.5 Å². The molecule has 0 saturated heterocycles. The van der Waals surface area contributed by atoms with Crippen molar-refractivity contribution in [2.45, 2.75) is 0 Å². The Kier molecular flexibility index (Phi) is 4.14. The van der Waals surface area contributed by atoms with Crippen LogP contribution in [-0.4, -0.2) is 19.9 Å². The average molecular weight is 251 g/mol. The van der Waals surface area contributed by atoms with Crippen LogP contribution in [0.1, 0.15) is 15.9 Å². The van der Waals surface area contributed by atoms with Gasteiger partial charge in [0.05, 0.1) is 0 Å². The average Bonchev–Trinajstić information content (AvgIpc) is 2.46. The summed E-state index contributed by atoms with van der Waals surface area (Å²) in [6.07, 6.45) is 3.46. The summed E-state index contributed by atoms with van der Waals surface area (Å²) in [5.74, 6) is 0.0214. The molecule has 0 saturated carbocycles. The molecule has 0 aliphatic rings. The normalized spacial score (nSPS) is 10.6. The van der Waals surface area contributed by atoms with E-state index >= 15 is 0 Å². The number of carbonyl (C=O) groups is 1. The summed E-state index contributed by atoms with van der Waals surface area (Å²) >= 11 is 0. The fourth-order valence-corrected chi connectivity index (χ4v) is 1.90. The maximum atomic E-state index is 12.2. The van der Waals surface area contributed by atoms with Gasteiger partial charge in [0.2, 0.25) is 0 Å². The van der Waals surface area contributed by atoms with Crippen LogP contribution in [0.2, 0.25) is 0 Å². The molecular formula is C17H17NO. The Balaban J connectivity index is 2.24. The van der Waals surface area contributed by atoms with Crippen molar-refractivity contribution >= 4 is 17.5 Å². The highest BCUT2D eigenvalue weighted by atomic mass is 16.1. The summed E-state index contributed by atoms with van der Waals surface area (Å²) in [6.45, 7) is 0. The zero-order chi connectivity index (χ0) is 13.7. The lowest BCUT2D eigenvalue weighted by molar-refractivity contribution is 0.104. The van der Waals surface area contributed by atoms with E-state index in [1.807, 2.05) is 79.7 Å². The van der Waals surface area contributed by atoms with E-state index in [-0.39, 0.29) is 5.78 Å².